The van der Waals surface area contributed by atoms with Crippen molar-refractivity contribution in [2.24, 2.45) is 5.16 Å². The molecule has 16 nitrogen and oxygen atoms in total. The van der Waals surface area contributed by atoms with Gasteiger partial charge in [0.2, 0.25) is 0 Å². The first kappa shape index (κ1) is 29.1. The van der Waals surface area contributed by atoms with Gasteiger partial charge in [-0.2, -0.15) is 0 Å². The number of aliphatic carboxylic acids is 1. The number of fused-ring (bicyclic) bond motifs is 1. The molecule has 0 radical (unpaired) electrons. The normalized spacial score (nSPS) is 19.0. The summed E-state index contributed by atoms with van der Waals surface area (Å²) in [6.45, 7) is 0.255. The number of hydrogen-bond donors (Lipinski definition) is 4. The standard InChI is InChI=1S/C21H22N8O8S3/c1-36-5-4-28-17(33)15(31)25-26-21(28)38-6-3-9-7-39-18-12(16(32)29(18)13(9)19(34)35)24-14(30)11(27-37-2)10-8-40-20(22)23-10/h3,6,8,12,18H,4-5,7H2,1-2H3,(H2,22,23)(H,24,30)(H,25,31)(H,34,35). The van der Waals surface area contributed by atoms with Crippen LogP contribution in [0.5, 0.6) is 0 Å². The van der Waals surface area contributed by atoms with E-state index in [2.05, 4.69) is 25.7 Å². The van der Waals surface area contributed by atoms with Gasteiger partial charge in [0, 0.05) is 18.2 Å². The SMILES string of the molecule is COCCn1c(SC=CC2=C(C(=O)O)N3C(=O)C(NC(=O)C(=NOC)c4csc(N)n4)C3SC2)n[nH]c(=O)c1=O. The van der Waals surface area contributed by atoms with E-state index in [9.17, 15) is 29.1 Å². The average molecular weight is 611 g/mol. The Morgan fingerprint density at radius 3 is 2.80 bits per heavy atom. The number of H-pyrrole nitrogens is 1. The van der Waals surface area contributed by atoms with Crippen LogP contribution in [0.15, 0.2) is 48.0 Å². The highest BCUT2D eigenvalue weighted by Gasteiger charge is 2.54. The Hall–Kier alpha value is -3.94. The zero-order valence-electron chi connectivity index (χ0n) is 20.9. The maximum atomic E-state index is 13.0. The first-order valence-corrected chi connectivity index (χ1v) is 14.0. The number of thioether (sulfide) groups is 2. The number of thiazole rings is 1. The lowest BCUT2D eigenvalue weighted by Gasteiger charge is -2.49. The Morgan fingerprint density at radius 2 is 2.15 bits per heavy atom. The topological polar surface area (TPSA) is 224 Å². The molecule has 212 valence electrons. The van der Waals surface area contributed by atoms with E-state index in [1.165, 1.54) is 42.8 Å². The van der Waals surface area contributed by atoms with Crippen LogP contribution in [0.25, 0.3) is 0 Å². The summed E-state index contributed by atoms with van der Waals surface area (Å²) in [7, 11) is 2.70. The number of nitrogens with two attached hydrogens (primary N) is 1. The molecule has 4 heterocycles. The molecule has 1 fully saturated rings. The van der Waals surface area contributed by atoms with Crippen LogP contribution in [0.2, 0.25) is 0 Å². The number of methoxy groups -OCH3 is 1. The number of carbonyl (C=O) groups excluding carboxylic acids is 2. The minimum Gasteiger partial charge on any atom is -0.477 e. The maximum absolute atomic E-state index is 13.0. The van der Waals surface area contributed by atoms with E-state index < -0.39 is 40.3 Å². The maximum Gasteiger partial charge on any atom is 0.352 e. The second-order valence-electron chi connectivity index (χ2n) is 7.94. The monoisotopic (exact) mass is 610 g/mol. The number of amides is 2. The summed E-state index contributed by atoms with van der Waals surface area (Å²) < 4.78 is 6.11. The number of anilines is 1. The summed E-state index contributed by atoms with van der Waals surface area (Å²) in [5.41, 5.74) is 4.02. The third kappa shape index (κ3) is 5.81. The number of nitrogen functional groups attached to an aromatic ring is 1. The smallest absolute Gasteiger partial charge is 0.352 e. The summed E-state index contributed by atoms with van der Waals surface area (Å²) in [6, 6.07) is -1.01. The summed E-state index contributed by atoms with van der Waals surface area (Å²) in [4.78, 5) is 71.7. The van der Waals surface area contributed by atoms with Crippen molar-refractivity contribution in [3.8, 4) is 0 Å². The van der Waals surface area contributed by atoms with Gasteiger partial charge in [-0.1, -0.05) is 16.9 Å². The Bertz CT molecular complexity index is 1540. The number of rotatable bonds is 11. The predicted molar refractivity (Wildman–Crippen MR) is 146 cm³/mol. The van der Waals surface area contributed by atoms with Crippen LogP contribution in [0.1, 0.15) is 5.69 Å². The zero-order chi connectivity index (χ0) is 29.0. The number of carbonyl (C=O) groups is 3. The highest BCUT2D eigenvalue weighted by molar-refractivity contribution is 8.02. The number of oxime groups is 1. The van der Waals surface area contributed by atoms with Crippen LogP contribution in [0, 0.1) is 0 Å². The molecule has 2 aliphatic rings. The molecule has 0 aliphatic carbocycles. The van der Waals surface area contributed by atoms with Crippen LogP contribution in [0.3, 0.4) is 0 Å². The quantitative estimate of drug-likeness (QED) is 0.0789. The van der Waals surface area contributed by atoms with Crippen molar-refractivity contribution in [1.29, 1.82) is 0 Å². The van der Waals surface area contributed by atoms with Gasteiger partial charge in [-0.25, -0.2) is 14.9 Å². The lowest BCUT2D eigenvalue weighted by molar-refractivity contribution is -0.150. The molecule has 1 saturated heterocycles. The fraction of sp³-hybridized carbons (Fsp3) is 0.333. The molecule has 19 heteroatoms. The van der Waals surface area contributed by atoms with Crippen molar-refractivity contribution in [3.05, 3.63) is 54.5 Å². The molecule has 0 saturated carbocycles. The highest BCUT2D eigenvalue weighted by Crippen LogP contribution is 2.41. The summed E-state index contributed by atoms with van der Waals surface area (Å²) >= 11 is 3.33. The number of hydrogen-bond acceptors (Lipinski definition) is 14. The third-order valence-electron chi connectivity index (χ3n) is 5.53. The predicted octanol–water partition coefficient (Wildman–Crippen LogP) is -0.988. The van der Waals surface area contributed by atoms with Gasteiger partial charge in [0.1, 0.15) is 29.9 Å². The fourth-order valence-electron chi connectivity index (χ4n) is 3.74. The number of aromatic amines is 1. The molecule has 0 spiro atoms. The summed E-state index contributed by atoms with van der Waals surface area (Å²) in [6.07, 6.45) is 1.49. The first-order valence-electron chi connectivity index (χ1n) is 11.2. The summed E-state index contributed by atoms with van der Waals surface area (Å²) in [5.74, 6) is -2.48. The van der Waals surface area contributed by atoms with E-state index in [0.29, 0.717) is 5.57 Å². The van der Waals surface area contributed by atoms with Crippen LogP contribution >= 0.6 is 34.9 Å². The average Bonchev–Trinajstić information content (AvgIpc) is 3.36. The van der Waals surface area contributed by atoms with E-state index in [1.54, 1.807) is 0 Å². The Labute approximate surface area is 237 Å². The molecule has 2 aromatic heterocycles. The second kappa shape index (κ2) is 12.5. The van der Waals surface area contributed by atoms with Crippen molar-refractivity contribution >= 4 is 63.5 Å². The lowest BCUT2D eigenvalue weighted by atomic mass is 10.0. The van der Waals surface area contributed by atoms with Gasteiger partial charge in [0.25, 0.3) is 11.8 Å². The van der Waals surface area contributed by atoms with Crippen molar-refractivity contribution in [1.82, 2.24) is 30.0 Å². The molecule has 40 heavy (non-hydrogen) atoms. The van der Waals surface area contributed by atoms with E-state index >= 15 is 0 Å². The van der Waals surface area contributed by atoms with E-state index in [4.69, 9.17) is 15.3 Å². The molecule has 4 rings (SSSR count). The number of carboxylic acids is 1. The van der Waals surface area contributed by atoms with Crippen LogP contribution < -0.4 is 22.2 Å². The molecule has 0 bridgehead atoms. The number of aromatic nitrogens is 4. The molecule has 2 aromatic rings. The Balaban J connectivity index is 1.51. The van der Waals surface area contributed by atoms with Crippen LogP contribution in [-0.2, 0) is 30.5 Å². The van der Waals surface area contributed by atoms with Gasteiger partial charge in [-0.15, -0.1) is 28.2 Å². The Morgan fingerprint density at radius 1 is 1.38 bits per heavy atom. The molecule has 2 unspecified atom stereocenters. The largest absolute Gasteiger partial charge is 0.477 e. The minimum absolute atomic E-state index is 0.0884. The number of carboxylic acid groups (broad SMARTS) is 1. The number of ether oxygens (including phenoxy) is 1. The molecule has 0 aromatic carbocycles. The van der Waals surface area contributed by atoms with Gasteiger partial charge in [0.15, 0.2) is 16.0 Å². The van der Waals surface area contributed by atoms with E-state index in [1.807, 2.05) is 0 Å². The lowest BCUT2D eigenvalue weighted by Crippen LogP contribution is -2.71. The van der Waals surface area contributed by atoms with Gasteiger partial charge in [-0.05, 0) is 17.1 Å². The van der Waals surface area contributed by atoms with Crippen molar-refractivity contribution in [2.75, 3.05) is 32.3 Å². The molecule has 2 atom stereocenters. The highest BCUT2D eigenvalue weighted by atomic mass is 32.2. The molecule has 2 amide bonds. The van der Waals surface area contributed by atoms with E-state index in [0.717, 1.165) is 32.6 Å². The van der Waals surface area contributed by atoms with Crippen LogP contribution in [0.4, 0.5) is 5.13 Å². The fourth-order valence-corrected chi connectivity index (χ4v) is 6.36. The number of nitrogens with zero attached hydrogens (tertiary/aromatic N) is 5. The Kier molecular flexibility index (Phi) is 9.07. The third-order valence-corrected chi connectivity index (χ3v) is 8.30. The van der Waals surface area contributed by atoms with Crippen molar-refractivity contribution < 1.29 is 29.1 Å². The van der Waals surface area contributed by atoms with Gasteiger partial charge >= 0.3 is 17.1 Å². The number of nitrogens with one attached hydrogen (secondary N) is 2. The van der Waals surface area contributed by atoms with Crippen molar-refractivity contribution in [2.45, 2.75) is 23.1 Å². The van der Waals surface area contributed by atoms with Gasteiger partial charge in [-0.3, -0.25) is 28.6 Å². The second-order valence-corrected chi connectivity index (χ2v) is 10.8. The molecule has 5 N–H and O–H groups in total. The number of allylic oxidation sites excluding steroid dienone is 1. The number of β-lactam (4-membered cyclic amide) rings is 1. The molecular formula is C21H22N8O8S3. The van der Waals surface area contributed by atoms with Gasteiger partial charge < -0.3 is 25.7 Å². The van der Waals surface area contributed by atoms with Gasteiger partial charge in [0.05, 0.1) is 13.2 Å². The molecule has 2 aliphatic heterocycles. The van der Waals surface area contributed by atoms with Crippen molar-refractivity contribution in [3.63, 3.8) is 0 Å². The zero-order valence-corrected chi connectivity index (χ0v) is 23.3. The minimum atomic E-state index is -1.33. The van der Waals surface area contributed by atoms with Crippen LogP contribution in [-0.4, -0.2) is 91.2 Å². The van der Waals surface area contributed by atoms with E-state index in [-0.39, 0.29) is 46.3 Å². The summed E-state index contributed by atoms with van der Waals surface area (Å²) in [5, 5.41) is 24.9. The molecular weight excluding hydrogens is 588 g/mol. The first-order chi connectivity index (χ1) is 19.2.